The standard InChI is InChI=1S/C12H10N8/c1-20-7-15-10-3-2-9(4-11(10)20)14-6-8(5-13)12-16-18-19-17-12/h2-4,6-7,14H,1H3,(H,16,17,18,19). The molecule has 0 amide bonds. The monoisotopic (exact) mass is 266 g/mol. The lowest BCUT2D eigenvalue weighted by Crippen LogP contribution is -1.93. The number of rotatable bonds is 3. The molecule has 0 spiro atoms. The second kappa shape index (κ2) is 4.81. The maximum absolute atomic E-state index is 9.06. The summed E-state index contributed by atoms with van der Waals surface area (Å²) in [6.07, 6.45) is 3.30. The third-order valence-corrected chi connectivity index (χ3v) is 2.82. The molecule has 2 heterocycles. The number of allylic oxidation sites excluding steroid dienone is 1. The topological polar surface area (TPSA) is 108 Å². The van der Waals surface area contributed by atoms with E-state index in [4.69, 9.17) is 5.26 Å². The SMILES string of the molecule is Cn1cnc2ccc(NC=C(C#N)c3nn[nH]n3)cc21. The smallest absolute Gasteiger partial charge is 0.216 e. The number of imidazole rings is 1. The van der Waals surface area contributed by atoms with Gasteiger partial charge in [0.05, 0.1) is 17.4 Å². The number of fused-ring (bicyclic) bond motifs is 1. The summed E-state index contributed by atoms with van der Waals surface area (Å²) >= 11 is 0. The summed E-state index contributed by atoms with van der Waals surface area (Å²) in [6, 6.07) is 7.76. The largest absolute Gasteiger partial charge is 0.360 e. The molecular weight excluding hydrogens is 256 g/mol. The maximum atomic E-state index is 9.06. The molecule has 0 saturated carbocycles. The molecule has 0 aliphatic carbocycles. The summed E-state index contributed by atoms with van der Waals surface area (Å²) < 4.78 is 1.93. The van der Waals surface area contributed by atoms with Crippen LogP contribution in [0.2, 0.25) is 0 Å². The highest BCUT2D eigenvalue weighted by molar-refractivity contribution is 5.81. The van der Waals surface area contributed by atoms with E-state index in [1.54, 1.807) is 12.5 Å². The second-order valence-electron chi connectivity index (χ2n) is 4.11. The van der Waals surface area contributed by atoms with E-state index in [2.05, 4.69) is 30.9 Å². The Morgan fingerprint density at radius 2 is 2.40 bits per heavy atom. The quantitative estimate of drug-likeness (QED) is 0.686. The zero-order chi connectivity index (χ0) is 13.9. The van der Waals surface area contributed by atoms with Gasteiger partial charge in [-0.05, 0) is 23.4 Å². The minimum absolute atomic E-state index is 0.251. The minimum atomic E-state index is 0.251. The van der Waals surface area contributed by atoms with Gasteiger partial charge in [-0.1, -0.05) is 0 Å². The number of nitrogens with zero attached hydrogens (tertiary/aromatic N) is 6. The van der Waals surface area contributed by atoms with Crippen molar-refractivity contribution in [3.8, 4) is 6.07 Å². The van der Waals surface area contributed by atoms with Gasteiger partial charge in [-0.15, -0.1) is 10.2 Å². The third kappa shape index (κ3) is 2.08. The summed E-state index contributed by atoms with van der Waals surface area (Å²) in [4.78, 5) is 4.25. The van der Waals surface area contributed by atoms with Crippen LogP contribution >= 0.6 is 0 Å². The summed E-state index contributed by atoms with van der Waals surface area (Å²) in [5.74, 6) is 0.251. The molecule has 0 fully saturated rings. The Morgan fingerprint density at radius 3 is 3.15 bits per heavy atom. The van der Waals surface area contributed by atoms with E-state index in [0.29, 0.717) is 5.57 Å². The van der Waals surface area contributed by atoms with Crippen molar-refractivity contribution in [1.29, 1.82) is 5.26 Å². The normalized spacial score (nSPS) is 11.5. The van der Waals surface area contributed by atoms with Crippen LogP contribution in [-0.4, -0.2) is 30.2 Å². The molecule has 0 radical (unpaired) electrons. The van der Waals surface area contributed by atoms with Gasteiger partial charge in [-0.2, -0.15) is 10.5 Å². The Kier molecular flexibility index (Phi) is 2.85. The molecule has 0 unspecified atom stereocenters. The minimum Gasteiger partial charge on any atom is -0.360 e. The van der Waals surface area contributed by atoms with Crippen LogP contribution in [-0.2, 0) is 7.05 Å². The van der Waals surface area contributed by atoms with Crippen molar-refractivity contribution in [2.75, 3.05) is 5.32 Å². The Morgan fingerprint density at radius 1 is 1.50 bits per heavy atom. The first kappa shape index (κ1) is 11.9. The number of hydrogen-bond donors (Lipinski definition) is 2. The van der Waals surface area contributed by atoms with Gasteiger partial charge in [0.25, 0.3) is 0 Å². The Balaban J connectivity index is 1.89. The van der Waals surface area contributed by atoms with Gasteiger partial charge < -0.3 is 9.88 Å². The lowest BCUT2D eigenvalue weighted by Gasteiger charge is -2.02. The van der Waals surface area contributed by atoms with Crippen molar-refractivity contribution in [2.45, 2.75) is 0 Å². The highest BCUT2D eigenvalue weighted by Crippen LogP contribution is 2.18. The van der Waals surface area contributed by atoms with Gasteiger partial charge in [-0.25, -0.2) is 4.98 Å². The van der Waals surface area contributed by atoms with Gasteiger partial charge in [0, 0.05) is 18.9 Å². The van der Waals surface area contributed by atoms with E-state index in [1.165, 1.54) is 0 Å². The lowest BCUT2D eigenvalue weighted by atomic mass is 10.2. The number of nitrogens with one attached hydrogen (secondary N) is 2. The average molecular weight is 266 g/mol. The zero-order valence-electron chi connectivity index (χ0n) is 10.6. The fourth-order valence-corrected chi connectivity index (χ4v) is 1.79. The van der Waals surface area contributed by atoms with Crippen LogP contribution in [0.3, 0.4) is 0 Å². The number of tetrazole rings is 1. The number of hydrogen-bond acceptors (Lipinski definition) is 6. The maximum Gasteiger partial charge on any atom is 0.216 e. The molecule has 0 bridgehead atoms. The number of aryl methyl sites for hydroxylation is 1. The number of aromatic nitrogens is 6. The molecule has 98 valence electrons. The molecule has 8 heteroatoms. The predicted octanol–water partition coefficient (Wildman–Crippen LogP) is 1.06. The molecule has 8 nitrogen and oxygen atoms in total. The van der Waals surface area contributed by atoms with Crippen LogP contribution in [0.4, 0.5) is 5.69 Å². The van der Waals surface area contributed by atoms with Crippen LogP contribution < -0.4 is 5.32 Å². The van der Waals surface area contributed by atoms with E-state index < -0.39 is 0 Å². The van der Waals surface area contributed by atoms with Crippen LogP contribution in [0.1, 0.15) is 5.82 Å². The average Bonchev–Trinajstić information content (AvgIpc) is 3.11. The fourth-order valence-electron chi connectivity index (χ4n) is 1.79. The van der Waals surface area contributed by atoms with Gasteiger partial charge >= 0.3 is 0 Å². The summed E-state index contributed by atoms with van der Waals surface area (Å²) in [7, 11) is 1.93. The van der Waals surface area contributed by atoms with Gasteiger partial charge in [0.15, 0.2) is 0 Å². The number of benzene rings is 1. The first-order valence-electron chi connectivity index (χ1n) is 5.79. The first-order valence-corrected chi connectivity index (χ1v) is 5.79. The predicted molar refractivity (Wildman–Crippen MR) is 72.1 cm³/mol. The van der Waals surface area contributed by atoms with E-state index in [1.807, 2.05) is 35.9 Å². The van der Waals surface area contributed by atoms with Crippen LogP contribution in [0.15, 0.2) is 30.7 Å². The Labute approximate surface area is 113 Å². The van der Waals surface area contributed by atoms with Crippen LogP contribution in [0.5, 0.6) is 0 Å². The Bertz CT molecular complexity index is 806. The molecular formula is C12H10N8. The van der Waals surface area contributed by atoms with Crippen LogP contribution in [0, 0.1) is 11.3 Å². The third-order valence-electron chi connectivity index (χ3n) is 2.82. The molecule has 0 saturated heterocycles. The highest BCUT2D eigenvalue weighted by Gasteiger charge is 2.06. The lowest BCUT2D eigenvalue weighted by molar-refractivity contribution is 0.881. The molecule has 0 aliphatic rings. The summed E-state index contributed by atoms with van der Waals surface area (Å²) in [6.45, 7) is 0. The van der Waals surface area contributed by atoms with Crippen molar-refractivity contribution >= 4 is 22.3 Å². The zero-order valence-corrected chi connectivity index (χ0v) is 10.6. The van der Waals surface area contributed by atoms with Crippen molar-refractivity contribution in [1.82, 2.24) is 30.2 Å². The molecule has 3 aromatic rings. The molecule has 2 N–H and O–H groups in total. The molecule has 3 rings (SSSR count). The van der Waals surface area contributed by atoms with Gasteiger partial charge in [0.1, 0.15) is 11.6 Å². The molecule has 20 heavy (non-hydrogen) atoms. The number of aromatic amines is 1. The summed E-state index contributed by atoms with van der Waals surface area (Å²) in [5, 5.41) is 25.4. The van der Waals surface area contributed by atoms with Gasteiger partial charge in [-0.3, -0.25) is 0 Å². The fraction of sp³-hybridized carbons (Fsp3) is 0.0833. The van der Waals surface area contributed by atoms with Gasteiger partial charge in [0.2, 0.25) is 5.82 Å². The number of anilines is 1. The van der Waals surface area contributed by atoms with E-state index in [0.717, 1.165) is 16.7 Å². The van der Waals surface area contributed by atoms with E-state index >= 15 is 0 Å². The van der Waals surface area contributed by atoms with Crippen molar-refractivity contribution in [3.05, 3.63) is 36.6 Å². The highest BCUT2D eigenvalue weighted by atomic mass is 15.5. The second-order valence-corrected chi connectivity index (χ2v) is 4.11. The molecule has 2 aromatic heterocycles. The molecule has 1 aromatic carbocycles. The van der Waals surface area contributed by atoms with Crippen molar-refractivity contribution in [3.63, 3.8) is 0 Å². The van der Waals surface area contributed by atoms with Crippen molar-refractivity contribution in [2.24, 2.45) is 7.05 Å². The summed E-state index contributed by atoms with van der Waals surface area (Å²) in [5.41, 5.74) is 3.06. The number of nitriles is 1. The van der Waals surface area contributed by atoms with E-state index in [9.17, 15) is 0 Å². The van der Waals surface area contributed by atoms with E-state index in [-0.39, 0.29) is 5.82 Å². The number of H-pyrrole nitrogens is 1. The first-order chi connectivity index (χ1) is 9.78. The molecule has 0 atom stereocenters. The Hall–Kier alpha value is -3.21. The molecule has 0 aliphatic heterocycles. The van der Waals surface area contributed by atoms with Crippen molar-refractivity contribution < 1.29 is 0 Å². The van der Waals surface area contributed by atoms with Crippen LogP contribution in [0.25, 0.3) is 16.6 Å².